The van der Waals surface area contributed by atoms with Gasteiger partial charge in [0.15, 0.2) is 6.61 Å². The highest BCUT2D eigenvalue weighted by molar-refractivity contribution is 9.11. The van der Waals surface area contributed by atoms with Crippen molar-refractivity contribution in [3.05, 3.63) is 56.7 Å². The second-order valence-corrected chi connectivity index (χ2v) is 10.6. The molecule has 7 nitrogen and oxygen atoms in total. The molecule has 1 aliphatic rings. The fourth-order valence-corrected chi connectivity index (χ4v) is 5.60. The first-order valence-electron chi connectivity index (χ1n) is 8.57. The van der Waals surface area contributed by atoms with Crippen LogP contribution < -0.4 is 0 Å². The number of nitrogens with zero attached hydrogens (tertiary/aromatic N) is 2. The van der Waals surface area contributed by atoms with Crippen molar-refractivity contribution in [1.29, 1.82) is 0 Å². The number of piperazine rings is 1. The lowest BCUT2D eigenvalue weighted by atomic mass is 10.2. The molecule has 1 aromatic carbocycles. The molecule has 2 heterocycles. The van der Waals surface area contributed by atoms with Gasteiger partial charge in [-0.2, -0.15) is 4.31 Å². The predicted molar refractivity (Wildman–Crippen MR) is 110 cm³/mol. The summed E-state index contributed by atoms with van der Waals surface area (Å²) in [5.74, 6) is -0.937. The summed E-state index contributed by atoms with van der Waals surface area (Å²) in [5.41, 5.74) is 0.730. The van der Waals surface area contributed by atoms with Gasteiger partial charge in [-0.1, -0.05) is 30.3 Å². The molecular weight excluding hydrogens is 468 g/mol. The minimum absolute atomic E-state index is 0.0597. The predicted octanol–water partition coefficient (Wildman–Crippen LogP) is 2.34. The monoisotopic (exact) mass is 486 g/mol. The van der Waals surface area contributed by atoms with Crippen molar-refractivity contribution in [2.45, 2.75) is 5.75 Å². The van der Waals surface area contributed by atoms with Crippen molar-refractivity contribution < 1.29 is 22.7 Å². The molecule has 1 amide bonds. The van der Waals surface area contributed by atoms with Gasteiger partial charge in [-0.05, 0) is 33.6 Å². The molecule has 150 valence electrons. The maximum absolute atomic E-state index is 12.6. The lowest BCUT2D eigenvalue weighted by Crippen LogP contribution is -2.51. The van der Waals surface area contributed by atoms with Gasteiger partial charge in [-0.25, -0.2) is 13.2 Å². The summed E-state index contributed by atoms with van der Waals surface area (Å²) in [6.45, 7) is 0.647. The van der Waals surface area contributed by atoms with E-state index in [4.69, 9.17) is 4.74 Å². The zero-order chi connectivity index (χ0) is 20.1. The highest BCUT2D eigenvalue weighted by atomic mass is 79.9. The van der Waals surface area contributed by atoms with E-state index < -0.39 is 16.0 Å². The quantitative estimate of drug-likeness (QED) is 0.585. The highest BCUT2D eigenvalue weighted by Crippen LogP contribution is 2.22. The standard InChI is InChI=1S/C18H19BrN2O5S2/c19-16-7-6-15(27-16)18(23)26-12-17(22)20-8-10-21(11-9-20)28(24,25)13-14-4-2-1-3-5-14/h1-7H,8-13H2. The van der Waals surface area contributed by atoms with Crippen LogP contribution in [0.3, 0.4) is 0 Å². The highest BCUT2D eigenvalue weighted by Gasteiger charge is 2.29. The van der Waals surface area contributed by atoms with Crippen molar-refractivity contribution in [1.82, 2.24) is 9.21 Å². The van der Waals surface area contributed by atoms with Crippen LogP contribution in [0.4, 0.5) is 0 Å². The molecule has 0 saturated carbocycles. The third-order valence-electron chi connectivity index (χ3n) is 4.28. The van der Waals surface area contributed by atoms with Crippen LogP contribution in [0.2, 0.25) is 0 Å². The maximum atomic E-state index is 12.6. The Morgan fingerprint density at radius 3 is 2.32 bits per heavy atom. The Kier molecular flexibility index (Phi) is 6.86. The molecule has 0 bridgehead atoms. The summed E-state index contributed by atoms with van der Waals surface area (Å²) in [4.78, 5) is 26.1. The van der Waals surface area contributed by atoms with Gasteiger partial charge >= 0.3 is 5.97 Å². The van der Waals surface area contributed by atoms with Gasteiger partial charge in [-0.15, -0.1) is 11.3 Å². The second-order valence-electron chi connectivity index (χ2n) is 6.20. The number of esters is 1. The zero-order valence-corrected chi connectivity index (χ0v) is 18.1. The summed E-state index contributed by atoms with van der Waals surface area (Å²) >= 11 is 4.50. The number of ether oxygens (including phenoxy) is 1. The summed E-state index contributed by atoms with van der Waals surface area (Å²) < 4.78 is 32.4. The number of sulfonamides is 1. The zero-order valence-electron chi connectivity index (χ0n) is 14.9. The number of carbonyl (C=O) groups is 2. The van der Waals surface area contributed by atoms with Gasteiger partial charge in [0, 0.05) is 26.2 Å². The van der Waals surface area contributed by atoms with Crippen LogP contribution in [0.5, 0.6) is 0 Å². The lowest BCUT2D eigenvalue weighted by Gasteiger charge is -2.33. The number of amides is 1. The molecule has 1 aliphatic heterocycles. The molecule has 1 fully saturated rings. The Balaban J connectivity index is 1.47. The van der Waals surface area contributed by atoms with E-state index in [-0.39, 0.29) is 44.4 Å². The molecule has 10 heteroatoms. The number of benzene rings is 1. The van der Waals surface area contributed by atoms with E-state index in [0.29, 0.717) is 4.88 Å². The third-order valence-corrected chi connectivity index (χ3v) is 7.73. The first kappa shape index (κ1) is 21.0. The van der Waals surface area contributed by atoms with E-state index in [0.717, 1.165) is 9.35 Å². The largest absolute Gasteiger partial charge is 0.451 e. The fraction of sp³-hybridized carbons (Fsp3) is 0.333. The van der Waals surface area contributed by atoms with E-state index in [1.165, 1.54) is 20.5 Å². The molecule has 0 aliphatic carbocycles. The third kappa shape index (κ3) is 5.40. The van der Waals surface area contributed by atoms with Gasteiger partial charge in [0.05, 0.1) is 9.54 Å². The van der Waals surface area contributed by atoms with Crippen molar-refractivity contribution in [2.24, 2.45) is 0 Å². The van der Waals surface area contributed by atoms with Gasteiger partial charge in [0.1, 0.15) is 4.88 Å². The van der Waals surface area contributed by atoms with Crippen molar-refractivity contribution >= 4 is 49.2 Å². The lowest BCUT2D eigenvalue weighted by molar-refractivity contribution is -0.135. The summed E-state index contributed by atoms with van der Waals surface area (Å²) in [6.07, 6.45) is 0. The Bertz CT molecular complexity index is 938. The van der Waals surface area contributed by atoms with Gasteiger partial charge < -0.3 is 9.64 Å². The van der Waals surface area contributed by atoms with Crippen LogP contribution in [0.1, 0.15) is 15.2 Å². The number of rotatable bonds is 6. The van der Waals surface area contributed by atoms with E-state index in [1.807, 2.05) is 6.07 Å². The summed E-state index contributed by atoms with van der Waals surface area (Å²) in [6, 6.07) is 12.4. The maximum Gasteiger partial charge on any atom is 0.348 e. The number of carbonyl (C=O) groups excluding carboxylic acids is 2. The molecule has 28 heavy (non-hydrogen) atoms. The van der Waals surface area contributed by atoms with Crippen LogP contribution >= 0.6 is 27.3 Å². The minimum atomic E-state index is -3.44. The molecule has 0 spiro atoms. The van der Waals surface area contributed by atoms with E-state index in [9.17, 15) is 18.0 Å². The number of thiophene rings is 1. The summed E-state index contributed by atoms with van der Waals surface area (Å²) in [5, 5.41) is 0. The molecule has 0 N–H and O–H groups in total. The topological polar surface area (TPSA) is 84.0 Å². The average Bonchev–Trinajstić information content (AvgIpc) is 3.13. The number of halogens is 1. The molecule has 1 aromatic heterocycles. The van der Waals surface area contributed by atoms with Gasteiger partial charge in [0.25, 0.3) is 5.91 Å². The molecule has 0 unspecified atom stereocenters. The molecular formula is C18H19BrN2O5S2. The molecule has 2 aromatic rings. The normalized spacial score (nSPS) is 15.4. The van der Waals surface area contributed by atoms with Crippen LogP contribution in [-0.4, -0.2) is 62.3 Å². The van der Waals surface area contributed by atoms with Crippen molar-refractivity contribution in [2.75, 3.05) is 32.8 Å². The van der Waals surface area contributed by atoms with Gasteiger partial charge in [0.2, 0.25) is 10.0 Å². The van der Waals surface area contributed by atoms with Crippen LogP contribution in [0.25, 0.3) is 0 Å². The Morgan fingerprint density at radius 1 is 1.04 bits per heavy atom. The number of hydrogen-bond acceptors (Lipinski definition) is 6. The first-order chi connectivity index (χ1) is 13.3. The Labute approximate surface area is 176 Å². The second kappa shape index (κ2) is 9.17. The fourth-order valence-electron chi connectivity index (χ4n) is 2.81. The molecule has 1 saturated heterocycles. The summed E-state index contributed by atoms with van der Waals surface area (Å²) in [7, 11) is -3.44. The molecule has 3 rings (SSSR count). The average molecular weight is 487 g/mol. The Hall–Kier alpha value is -1.75. The van der Waals surface area contributed by atoms with Crippen LogP contribution in [0, 0.1) is 0 Å². The van der Waals surface area contributed by atoms with Crippen molar-refractivity contribution in [3.63, 3.8) is 0 Å². The van der Waals surface area contributed by atoms with Crippen molar-refractivity contribution in [3.8, 4) is 0 Å². The smallest absolute Gasteiger partial charge is 0.348 e. The van der Waals surface area contributed by atoms with E-state index in [2.05, 4.69) is 15.9 Å². The van der Waals surface area contributed by atoms with E-state index >= 15 is 0 Å². The first-order valence-corrected chi connectivity index (χ1v) is 11.8. The van der Waals surface area contributed by atoms with Gasteiger partial charge in [-0.3, -0.25) is 4.79 Å². The minimum Gasteiger partial charge on any atom is -0.451 e. The van der Waals surface area contributed by atoms with E-state index in [1.54, 1.807) is 36.4 Å². The Morgan fingerprint density at radius 2 is 1.71 bits per heavy atom. The SMILES string of the molecule is O=C(OCC(=O)N1CCN(S(=O)(=O)Cc2ccccc2)CC1)c1ccc(Br)s1. The van der Waals surface area contributed by atoms with Crippen LogP contribution in [-0.2, 0) is 25.3 Å². The molecule has 0 atom stereocenters. The molecule has 0 radical (unpaired) electrons. The van der Waals surface area contributed by atoms with Crippen LogP contribution in [0.15, 0.2) is 46.3 Å². The number of hydrogen-bond donors (Lipinski definition) is 0.